The van der Waals surface area contributed by atoms with Crippen LogP contribution in [0, 0.1) is 20.2 Å². The van der Waals surface area contributed by atoms with Gasteiger partial charge < -0.3 is 4.42 Å². The zero-order chi connectivity index (χ0) is 20.5. The molecule has 1 N–H and O–H groups in total. The SMILES string of the molecule is O=C(Nc1nc(-c2cc3ccccc3o2)cs1)c1cc([N+](=O)[O-])cc([N+](=O)[O-])c1. The van der Waals surface area contributed by atoms with Gasteiger partial charge in [0.25, 0.3) is 17.3 Å². The van der Waals surface area contributed by atoms with Crippen LogP contribution in [0.5, 0.6) is 0 Å². The molecule has 4 aromatic rings. The Morgan fingerprint density at radius 2 is 1.72 bits per heavy atom. The molecule has 0 aliphatic carbocycles. The summed E-state index contributed by atoms with van der Waals surface area (Å²) in [6.07, 6.45) is 0. The summed E-state index contributed by atoms with van der Waals surface area (Å²) in [6.45, 7) is 0. The molecule has 2 aromatic carbocycles. The Morgan fingerprint density at radius 3 is 2.38 bits per heavy atom. The second kappa shape index (κ2) is 7.13. The average molecular weight is 410 g/mol. The maximum absolute atomic E-state index is 12.4. The van der Waals surface area contributed by atoms with Gasteiger partial charge in [0.1, 0.15) is 11.3 Å². The summed E-state index contributed by atoms with van der Waals surface area (Å²) in [6, 6.07) is 12.0. The van der Waals surface area contributed by atoms with Crippen molar-refractivity contribution < 1.29 is 19.1 Å². The van der Waals surface area contributed by atoms with E-state index in [-0.39, 0.29) is 10.7 Å². The quantitative estimate of drug-likeness (QED) is 0.373. The summed E-state index contributed by atoms with van der Waals surface area (Å²) in [7, 11) is 0. The predicted molar refractivity (Wildman–Crippen MR) is 105 cm³/mol. The summed E-state index contributed by atoms with van der Waals surface area (Å²) >= 11 is 1.13. The van der Waals surface area contributed by atoms with Gasteiger partial charge in [-0.1, -0.05) is 18.2 Å². The Morgan fingerprint density at radius 1 is 1.03 bits per heavy atom. The molecule has 0 aliphatic rings. The molecule has 0 atom stereocenters. The first-order valence-electron chi connectivity index (χ1n) is 8.10. The largest absolute Gasteiger partial charge is 0.454 e. The van der Waals surface area contributed by atoms with Crippen molar-refractivity contribution in [1.29, 1.82) is 0 Å². The predicted octanol–water partition coefficient (Wildman–Crippen LogP) is 4.63. The van der Waals surface area contributed by atoms with Crippen LogP contribution in [0.25, 0.3) is 22.4 Å². The van der Waals surface area contributed by atoms with E-state index in [2.05, 4.69) is 10.3 Å². The van der Waals surface area contributed by atoms with Crippen molar-refractivity contribution in [3.63, 3.8) is 0 Å². The van der Waals surface area contributed by atoms with Crippen molar-refractivity contribution in [3.8, 4) is 11.5 Å². The van der Waals surface area contributed by atoms with Gasteiger partial charge in [0.05, 0.1) is 21.5 Å². The average Bonchev–Trinajstić information content (AvgIpc) is 3.34. The highest BCUT2D eigenvalue weighted by atomic mass is 32.1. The first kappa shape index (κ1) is 18.3. The maximum Gasteiger partial charge on any atom is 0.277 e. The highest BCUT2D eigenvalue weighted by Gasteiger charge is 2.21. The van der Waals surface area contributed by atoms with E-state index in [9.17, 15) is 25.0 Å². The van der Waals surface area contributed by atoms with Gasteiger partial charge in [-0.15, -0.1) is 11.3 Å². The third-order valence-electron chi connectivity index (χ3n) is 3.99. The zero-order valence-corrected chi connectivity index (χ0v) is 15.2. The molecule has 2 aromatic heterocycles. The van der Waals surface area contributed by atoms with E-state index in [1.807, 2.05) is 30.3 Å². The molecule has 2 heterocycles. The third-order valence-corrected chi connectivity index (χ3v) is 4.75. The van der Waals surface area contributed by atoms with Gasteiger partial charge >= 0.3 is 0 Å². The number of carbonyl (C=O) groups is 1. The molecule has 0 saturated carbocycles. The number of para-hydroxylation sites is 1. The summed E-state index contributed by atoms with van der Waals surface area (Å²) in [5.41, 5.74) is -0.110. The summed E-state index contributed by atoms with van der Waals surface area (Å²) in [5.74, 6) is -0.226. The number of aromatic nitrogens is 1. The van der Waals surface area contributed by atoms with E-state index in [0.717, 1.165) is 34.9 Å². The van der Waals surface area contributed by atoms with Crippen molar-refractivity contribution in [2.45, 2.75) is 0 Å². The Bertz CT molecular complexity index is 1210. The van der Waals surface area contributed by atoms with Gasteiger partial charge in [0, 0.05) is 22.9 Å². The number of furan rings is 1. The van der Waals surface area contributed by atoms with Crippen molar-refractivity contribution >= 4 is 44.7 Å². The number of benzene rings is 2. The minimum Gasteiger partial charge on any atom is -0.454 e. The van der Waals surface area contributed by atoms with Crippen LogP contribution in [-0.4, -0.2) is 20.7 Å². The number of carbonyl (C=O) groups excluding carboxylic acids is 1. The van der Waals surface area contributed by atoms with E-state index in [1.54, 1.807) is 5.38 Å². The lowest BCUT2D eigenvalue weighted by Crippen LogP contribution is -2.12. The summed E-state index contributed by atoms with van der Waals surface area (Å²) in [5, 5.41) is 27.3. The van der Waals surface area contributed by atoms with E-state index in [1.165, 1.54) is 0 Å². The zero-order valence-electron chi connectivity index (χ0n) is 14.4. The molecule has 0 aliphatic heterocycles. The fourth-order valence-electron chi connectivity index (χ4n) is 2.66. The first-order chi connectivity index (χ1) is 13.9. The topological polar surface area (TPSA) is 141 Å². The molecule has 10 nitrogen and oxygen atoms in total. The molecule has 0 radical (unpaired) electrons. The number of nitrogens with one attached hydrogen (secondary N) is 1. The van der Waals surface area contributed by atoms with Crippen molar-refractivity contribution in [3.05, 3.63) is 79.7 Å². The number of non-ortho nitro benzene ring substituents is 2. The monoisotopic (exact) mass is 410 g/mol. The summed E-state index contributed by atoms with van der Waals surface area (Å²) < 4.78 is 5.72. The maximum atomic E-state index is 12.4. The minimum absolute atomic E-state index is 0.216. The van der Waals surface area contributed by atoms with E-state index in [4.69, 9.17) is 4.42 Å². The molecular weight excluding hydrogens is 400 g/mol. The van der Waals surface area contributed by atoms with Crippen molar-refractivity contribution in [2.75, 3.05) is 5.32 Å². The molecule has 4 rings (SSSR count). The van der Waals surface area contributed by atoms with Gasteiger partial charge in [0.2, 0.25) is 0 Å². The van der Waals surface area contributed by atoms with Gasteiger partial charge in [-0.05, 0) is 12.1 Å². The molecule has 29 heavy (non-hydrogen) atoms. The number of nitro benzene ring substituents is 2. The first-order valence-corrected chi connectivity index (χ1v) is 8.98. The number of hydrogen-bond donors (Lipinski definition) is 1. The molecule has 0 bridgehead atoms. The Balaban J connectivity index is 1.59. The molecule has 0 saturated heterocycles. The summed E-state index contributed by atoms with van der Waals surface area (Å²) in [4.78, 5) is 37.1. The van der Waals surface area contributed by atoms with Crippen LogP contribution in [0.3, 0.4) is 0 Å². The van der Waals surface area contributed by atoms with E-state index in [0.29, 0.717) is 17.0 Å². The number of amides is 1. The van der Waals surface area contributed by atoms with E-state index >= 15 is 0 Å². The van der Waals surface area contributed by atoms with Crippen LogP contribution in [-0.2, 0) is 0 Å². The lowest BCUT2D eigenvalue weighted by Gasteiger charge is -2.02. The minimum atomic E-state index is -0.799. The van der Waals surface area contributed by atoms with Crippen LogP contribution in [0.1, 0.15) is 10.4 Å². The highest BCUT2D eigenvalue weighted by Crippen LogP contribution is 2.30. The normalized spacial score (nSPS) is 10.8. The molecule has 0 fully saturated rings. The number of thiazole rings is 1. The van der Waals surface area contributed by atoms with Crippen molar-refractivity contribution in [1.82, 2.24) is 4.98 Å². The van der Waals surface area contributed by atoms with Gasteiger partial charge in [0.15, 0.2) is 10.9 Å². The van der Waals surface area contributed by atoms with Gasteiger partial charge in [-0.3, -0.25) is 30.3 Å². The Hall–Kier alpha value is -4.12. The van der Waals surface area contributed by atoms with Crippen LogP contribution < -0.4 is 5.32 Å². The number of nitro groups is 2. The second-order valence-corrected chi connectivity index (χ2v) is 6.75. The fraction of sp³-hybridized carbons (Fsp3) is 0. The molecule has 1 amide bonds. The number of nitrogens with zero attached hydrogens (tertiary/aromatic N) is 3. The number of anilines is 1. The number of hydrogen-bond acceptors (Lipinski definition) is 8. The smallest absolute Gasteiger partial charge is 0.277 e. The molecular formula is C18H10N4O6S. The van der Waals surface area contributed by atoms with Crippen molar-refractivity contribution in [2.24, 2.45) is 0 Å². The van der Waals surface area contributed by atoms with Gasteiger partial charge in [-0.25, -0.2) is 4.98 Å². The van der Waals surface area contributed by atoms with E-state index < -0.39 is 27.1 Å². The Kier molecular flexibility index (Phi) is 4.49. The number of fused-ring (bicyclic) bond motifs is 1. The lowest BCUT2D eigenvalue weighted by molar-refractivity contribution is -0.394. The van der Waals surface area contributed by atoms with Crippen LogP contribution in [0.15, 0.2) is 58.3 Å². The molecule has 0 unspecified atom stereocenters. The fourth-order valence-corrected chi connectivity index (χ4v) is 3.35. The van der Waals surface area contributed by atoms with Gasteiger partial charge in [-0.2, -0.15) is 0 Å². The third kappa shape index (κ3) is 3.66. The second-order valence-electron chi connectivity index (χ2n) is 5.89. The molecule has 11 heteroatoms. The lowest BCUT2D eigenvalue weighted by atomic mass is 10.1. The Labute approximate surface area is 165 Å². The van der Waals surface area contributed by atoms with Crippen LogP contribution >= 0.6 is 11.3 Å². The molecule has 144 valence electrons. The van der Waals surface area contributed by atoms with Crippen LogP contribution in [0.4, 0.5) is 16.5 Å². The van der Waals surface area contributed by atoms with Crippen LogP contribution in [0.2, 0.25) is 0 Å². The number of rotatable bonds is 5. The molecule has 0 spiro atoms. The highest BCUT2D eigenvalue weighted by molar-refractivity contribution is 7.14. The standard InChI is InChI=1S/C18H10N4O6S/c23-17(11-5-12(21(24)25)8-13(6-11)22(26)27)20-18-19-14(9-29-18)16-7-10-3-1-2-4-15(10)28-16/h1-9H,(H,19,20,23).